The molecule has 0 bridgehead atoms. The zero-order valence-electron chi connectivity index (χ0n) is 14.1. The number of likely N-dealkylation sites (tertiary alicyclic amines) is 1. The van der Waals surface area contributed by atoms with Crippen LogP contribution < -0.4 is 5.32 Å². The molecule has 3 atom stereocenters. The van der Waals surface area contributed by atoms with Gasteiger partial charge < -0.3 is 15.3 Å². The third kappa shape index (κ3) is 4.82. The van der Waals surface area contributed by atoms with Crippen LogP contribution in [0.1, 0.15) is 55.6 Å². The van der Waals surface area contributed by atoms with Crippen LogP contribution in [-0.2, 0) is 4.79 Å². The number of amides is 1. The zero-order chi connectivity index (χ0) is 15.7. The Kier molecular flexibility index (Phi) is 8.42. The summed E-state index contributed by atoms with van der Waals surface area (Å²) in [5, 5.41) is 16.0. The normalized spacial score (nSPS) is 26.8. The van der Waals surface area contributed by atoms with E-state index < -0.39 is 0 Å². The molecule has 2 N–H and O–H groups in total. The number of hydrogen-bond donors (Lipinski definition) is 2. The van der Waals surface area contributed by atoms with E-state index in [1.165, 1.54) is 5.01 Å². The van der Waals surface area contributed by atoms with Crippen LogP contribution in [0.15, 0.2) is 5.38 Å². The lowest BCUT2D eigenvalue weighted by molar-refractivity contribution is -0.134. The first-order valence-electron chi connectivity index (χ1n) is 8.20. The van der Waals surface area contributed by atoms with Crippen LogP contribution in [0, 0.1) is 0 Å². The summed E-state index contributed by atoms with van der Waals surface area (Å²) >= 11 is 1.73. The Morgan fingerprint density at radius 2 is 2.21 bits per heavy atom. The van der Waals surface area contributed by atoms with Crippen molar-refractivity contribution in [2.45, 2.75) is 57.1 Å². The van der Waals surface area contributed by atoms with Crippen LogP contribution in [-0.4, -0.2) is 52.7 Å². The average Bonchev–Trinajstić information content (AvgIpc) is 3.15. The molecule has 3 rings (SSSR count). The molecule has 0 spiro atoms. The van der Waals surface area contributed by atoms with Crippen LogP contribution in [0.4, 0.5) is 0 Å². The van der Waals surface area contributed by atoms with E-state index in [0.29, 0.717) is 24.8 Å². The maximum Gasteiger partial charge on any atom is 0.239 e. The van der Waals surface area contributed by atoms with Crippen molar-refractivity contribution < 1.29 is 9.90 Å². The average molecular weight is 396 g/mol. The number of aliphatic hydroxyl groups excluding tert-OH is 1. The van der Waals surface area contributed by atoms with Gasteiger partial charge in [0.05, 0.1) is 22.8 Å². The molecule has 1 aromatic heterocycles. The van der Waals surface area contributed by atoms with Crippen molar-refractivity contribution in [2.75, 3.05) is 19.6 Å². The highest BCUT2D eigenvalue weighted by atomic mass is 35.5. The van der Waals surface area contributed by atoms with Crippen LogP contribution in [0.25, 0.3) is 0 Å². The predicted octanol–water partition coefficient (Wildman–Crippen LogP) is 2.54. The number of rotatable bonds is 3. The van der Waals surface area contributed by atoms with Gasteiger partial charge in [0.1, 0.15) is 0 Å². The van der Waals surface area contributed by atoms with Gasteiger partial charge in [0.15, 0.2) is 0 Å². The van der Waals surface area contributed by atoms with Gasteiger partial charge in [-0.2, -0.15) is 0 Å². The van der Waals surface area contributed by atoms with Crippen molar-refractivity contribution in [1.29, 1.82) is 0 Å². The molecule has 1 aromatic rings. The van der Waals surface area contributed by atoms with Crippen molar-refractivity contribution >= 4 is 42.1 Å². The number of nitrogens with one attached hydrogen (secondary N) is 1. The standard InChI is InChI=1S/C16H25N3O2S.2ClH/c1-10(2)14-9-22-15(18-14)11-4-3-5-19(8-11)16(21)13-6-12(20)7-17-13;;/h9-13,17,20H,3-8H2,1-2H3;2*1H. The van der Waals surface area contributed by atoms with Gasteiger partial charge in [0, 0.05) is 30.9 Å². The molecule has 2 aliphatic heterocycles. The van der Waals surface area contributed by atoms with Crippen molar-refractivity contribution in [3.8, 4) is 0 Å². The van der Waals surface area contributed by atoms with Crippen molar-refractivity contribution in [3.05, 3.63) is 16.1 Å². The third-order valence-electron chi connectivity index (χ3n) is 4.62. The van der Waals surface area contributed by atoms with Crippen molar-refractivity contribution in [1.82, 2.24) is 15.2 Å². The lowest BCUT2D eigenvalue weighted by Crippen LogP contribution is -2.47. The molecule has 2 saturated heterocycles. The van der Waals surface area contributed by atoms with E-state index in [1.807, 2.05) is 4.90 Å². The number of piperidine rings is 1. The molecule has 2 fully saturated rings. The third-order valence-corrected chi connectivity index (χ3v) is 5.64. The molecule has 24 heavy (non-hydrogen) atoms. The molecular formula is C16H27Cl2N3O2S. The number of hydrogen-bond acceptors (Lipinski definition) is 5. The number of nitrogens with zero attached hydrogens (tertiary/aromatic N) is 2. The van der Waals surface area contributed by atoms with Crippen molar-refractivity contribution in [3.63, 3.8) is 0 Å². The van der Waals surface area contributed by atoms with Crippen LogP contribution in [0.3, 0.4) is 0 Å². The van der Waals surface area contributed by atoms with E-state index in [2.05, 4.69) is 24.5 Å². The molecule has 5 nitrogen and oxygen atoms in total. The highest BCUT2D eigenvalue weighted by molar-refractivity contribution is 7.09. The number of thiazole rings is 1. The molecule has 138 valence electrons. The topological polar surface area (TPSA) is 65.5 Å². The van der Waals surface area contributed by atoms with Gasteiger partial charge in [-0.25, -0.2) is 4.98 Å². The quantitative estimate of drug-likeness (QED) is 0.824. The number of carbonyl (C=O) groups excluding carboxylic acids is 1. The van der Waals surface area contributed by atoms with E-state index in [0.717, 1.165) is 31.6 Å². The lowest BCUT2D eigenvalue weighted by atomic mass is 9.97. The highest BCUT2D eigenvalue weighted by Gasteiger charge is 2.34. The Morgan fingerprint density at radius 1 is 1.46 bits per heavy atom. The maximum atomic E-state index is 12.6. The number of aliphatic hydroxyl groups is 1. The van der Waals surface area contributed by atoms with E-state index in [-0.39, 0.29) is 42.9 Å². The second kappa shape index (κ2) is 9.34. The molecule has 0 aliphatic carbocycles. The van der Waals surface area contributed by atoms with Gasteiger partial charge in [-0.3, -0.25) is 4.79 Å². The summed E-state index contributed by atoms with van der Waals surface area (Å²) in [4.78, 5) is 19.3. The molecule has 3 unspecified atom stereocenters. The Morgan fingerprint density at radius 3 is 2.79 bits per heavy atom. The molecule has 0 saturated carbocycles. The first-order chi connectivity index (χ1) is 10.5. The number of aromatic nitrogens is 1. The second-order valence-electron chi connectivity index (χ2n) is 6.74. The van der Waals surface area contributed by atoms with Gasteiger partial charge in [0.25, 0.3) is 0 Å². The summed E-state index contributed by atoms with van der Waals surface area (Å²) in [5.74, 6) is 0.957. The van der Waals surface area contributed by atoms with Gasteiger partial charge in [-0.1, -0.05) is 13.8 Å². The van der Waals surface area contributed by atoms with E-state index in [1.54, 1.807) is 11.3 Å². The van der Waals surface area contributed by atoms with Gasteiger partial charge >= 0.3 is 0 Å². The first-order valence-corrected chi connectivity index (χ1v) is 9.08. The minimum atomic E-state index is -0.387. The first kappa shape index (κ1) is 21.6. The van der Waals surface area contributed by atoms with E-state index in [9.17, 15) is 9.90 Å². The molecule has 2 aliphatic rings. The second-order valence-corrected chi connectivity index (χ2v) is 7.63. The Balaban J connectivity index is 0.00000144. The summed E-state index contributed by atoms with van der Waals surface area (Å²) < 4.78 is 0. The molecule has 1 amide bonds. The zero-order valence-corrected chi connectivity index (χ0v) is 16.6. The Labute approximate surface area is 160 Å². The molecule has 3 heterocycles. The van der Waals surface area contributed by atoms with Crippen LogP contribution in [0.2, 0.25) is 0 Å². The summed E-state index contributed by atoms with van der Waals surface area (Å²) in [6, 6.07) is -0.212. The fourth-order valence-electron chi connectivity index (χ4n) is 3.26. The Bertz CT molecular complexity index is 541. The summed E-state index contributed by atoms with van der Waals surface area (Å²) in [6.07, 6.45) is 2.29. The summed E-state index contributed by atoms with van der Waals surface area (Å²) in [6.45, 7) is 6.43. The summed E-state index contributed by atoms with van der Waals surface area (Å²) in [7, 11) is 0. The number of halogens is 2. The number of β-amino-alcohol motifs (C(OH)–C–C–N with tert-alkyl or cyclic N) is 1. The smallest absolute Gasteiger partial charge is 0.239 e. The predicted molar refractivity (Wildman–Crippen MR) is 102 cm³/mol. The largest absolute Gasteiger partial charge is 0.392 e. The fourth-order valence-corrected chi connectivity index (χ4v) is 4.37. The summed E-state index contributed by atoms with van der Waals surface area (Å²) in [5.41, 5.74) is 1.16. The van der Waals surface area contributed by atoms with E-state index in [4.69, 9.17) is 4.98 Å². The monoisotopic (exact) mass is 395 g/mol. The fraction of sp³-hybridized carbons (Fsp3) is 0.750. The molecule has 0 aromatic carbocycles. The van der Waals surface area contributed by atoms with E-state index >= 15 is 0 Å². The van der Waals surface area contributed by atoms with Gasteiger partial charge in [-0.15, -0.1) is 36.2 Å². The minimum Gasteiger partial charge on any atom is -0.392 e. The van der Waals surface area contributed by atoms with Crippen LogP contribution in [0.5, 0.6) is 0 Å². The van der Waals surface area contributed by atoms with Gasteiger partial charge in [0.2, 0.25) is 5.91 Å². The molecular weight excluding hydrogens is 369 g/mol. The van der Waals surface area contributed by atoms with Crippen molar-refractivity contribution in [2.24, 2.45) is 0 Å². The van der Waals surface area contributed by atoms with Crippen LogP contribution >= 0.6 is 36.2 Å². The maximum absolute atomic E-state index is 12.6. The molecule has 0 radical (unpaired) electrons. The Hall–Kier alpha value is -0.400. The lowest BCUT2D eigenvalue weighted by Gasteiger charge is -2.33. The minimum absolute atomic E-state index is 0. The van der Waals surface area contributed by atoms with Gasteiger partial charge in [-0.05, 0) is 25.2 Å². The highest BCUT2D eigenvalue weighted by Crippen LogP contribution is 2.31. The molecule has 8 heteroatoms. The number of carbonyl (C=O) groups is 1. The SMILES string of the molecule is CC(C)c1csc(C2CCCN(C(=O)C3CC(O)CN3)C2)n1.Cl.Cl.